The molecular formula is C20H22F3N5O3S. The molecule has 0 spiro atoms. The summed E-state index contributed by atoms with van der Waals surface area (Å²) in [5.74, 6) is 0.634. The Bertz CT molecular complexity index is 1080. The summed E-state index contributed by atoms with van der Waals surface area (Å²) in [5, 5.41) is 16.4. The van der Waals surface area contributed by atoms with Crippen molar-refractivity contribution in [3.05, 3.63) is 47.4 Å². The van der Waals surface area contributed by atoms with Crippen LogP contribution in [0.1, 0.15) is 40.8 Å². The molecule has 0 fully saturated rings. The maximum absolute atomic E-state index is 12.8. The van der Waals surface area contributed by atoms with E-state index in [0.29, 0.717) is 11.5 Å². The first kappa shape index (κ1) is 23.4. The number of hydrogen-bond acceptors (Lipinski definition) is 8. The molecular weight excluding hydrogens is 447 g/mol. The van der Waals surface area contributed by atoms with Gasteiger partial charge in [-0.05, 0) is 37.6 Å². The fourth-order valence-electron chi connectivity index (χ4n) is 2.95. The number of alkyl halides is 3. The van der Waals surface area contributed by atoms with Gasteiger partial charge in [0.2, 0.25) is 0 Å². The number of furan rings is 1. The van der Waals surface area contributed by atoms with Gasteiger partial charge >= 0.3 is 6.18 Å². The number of anilines is 3. The highest BCUT2D eigenvalue weighted by molar-refractivity contribution is 6.99. The van der Waals surface area contributed by atoms with Gasteiger partial charge < -0.3 is 25.1 Å². The van der Waals surface area contributed by atoms with Gasteiger partial charge in [0.1, 0.15) is 11.5 Å². The van der Waals surface area contributed by atoms with Crippen molar-refractivity contribution < 1.29 is 27.5 Å². The van der Waals surface area contributed by atoms with E-state index < -0.39 is 18.6 Å². The number of benzene rings is 1. The van der Waals surface area contributed by atoms with Crippen LogP contribution in [0, 0.1) is 6.92 Å². The van der Waals surface area contributed by atoms with E-state index in [-0.39, 0.29) is 41.0 Å². The summed E-state index contributed by atoms with van der Waals surface area (Å²) in [6.45, 7) is 1.70. The second kappa shape index (κ2) is 9.47. The summed E-state index contributed by atoms with van der Waals surface area (Å²) in [6, 6.07) is 7.09. The molecule has 1 aromatic carbocycles. The van der Waals surface area contributed by atoms with E-state index in [9.17, 15) is 23.1 Å². The van der Waals surface area contributed by atoms with E-state index in [0.717, 1.165) is 11.7 Å². The van der Waals surface area contributed by atoms with E-state index in [1.807, 2.05) is 0 Å². The minimum atomic E-state index is -4.33. The largest absolute Gasteiger partial charge is 0.505 e. The lowest BCUT2D eigenvalue weighted by molar-refractivity contribution is -0.136. The zero-order chi connectivity index (χ0) is 23.5. The van der Waals surface area contributed by atoms with Crippen LogP contribution >= 0.6 is 11.7 Å². The number of phenolic OH excluding ortho intramolecular Hbond substituents is 1. The molecule has 3 N–H and O–H groups in total. The maximum atomic E-state index is 12.8. The number of phenols is 1. The van der Waals surface area contributed by atoms with E-state index in [4.69, 9.17) is 4.42 Å². The van der Waals surface area contributed by atoms with Crippen molar-refractivity contribution in [3.63, 3.8) is 0 Å². The summed E-state index contributed by atoms with van der Waals surface area (Å²) in [4.78, 5) is 13.6. The van der Waals surface area contributed by atoms with Gasteiger partial charge in [0, 0.05) is 20.5 Å². The Kier molecular flexibility index (Phi) is 6.92. The molecule has 1 amide bonds. The Hall–Kier alpha value is -3.28. The van der Waals surface area contributed by atoms with Crippen molar-refractivity contribution in [3.8, 4) is 5.75 Å². The highest BCUT2D eigenvalue weighted by atomic mass is 32.1. The van der Waals surface area contributed by atoms with Gasteiger partial charge in [-0.15, -0.1) is 0 Å². The van der Waals surface area contributed by atoms with Crippen LogP contribution in [0.2, 0.25) is 0 Å². The smallest absolute Gasteiger partial charge is 0.389 e. The lowest BCUT2D eigenvalue weighted by Crippen LogP contribution is -2.21. The standard InChI is InChI=1S/C20H22F3N5O3S/c1-11-7-8-15(31-11)13(9-10-20(21,22)23)24-17-18(27-32-26-17)25-14-6-4-5-12(16(14)29)19(30)28(2)3/h4-8,13,29H,9-10H2,1-3H3,(H,24,26)(H,25,27). The fourth-order valence-corrected chi connectivity index (χ4v) is 3.43. The van der Waals surface area contributed by atoms with Gasteiger partial charge in [0.15, 0.2) is 17.4 Å². The van der Waals surface area contributed by atoms with Crippen molar-refractivity contribution in [2.45, 2.75) is 32.0 Å². The average molecular weight is 469 g/mol. The molecule has 2 heterocycles. The molecule has 0 aliphatic carbocycles. The molecule has 0 aliphatic rings. The van der Waals surface area contributed by atoms with Crippen molar-refractivity contribution in [1.29, 1.82) is 0 Å². The first-order valence-corrected chi connectivity index (χ1v) is 10.3. The molecule has 0 aliphatic heterocycles. The summed E-state index contributed by atoms with van der Waals surface area (Å²) in [5.41, 5.74) is 0.293. The number of para-hydroxylation sites is 1. The molecule has 8 nitrogen and oxygen atoms in total. The quantitative estimate of drug-likeness (QED) is 0.395. The number of carbonyl (C=O) groups excluding carboxylic acids is 1. The Morgan fingerprint density at radius 2 is 1.94 bits per heavy atom. The number of aromatic nitrogens is 2. The Balaban J connectivity index is 1.84. The maximum Gasteiger partial charge on any atom is 0.389 e. The number of amides is 1. The minimum Gasteiger partial charge on any atom is -0.505 e. The van der Waals surface area contributed by atoms with Crippen molar-refractivity contribution in [2.24, 2.45) is 0 Å². The van der Waals surface area contributed by atoms with Gasteiger partial charge in [-0.25, -0.2) is 0 Å². The number of aromatic hydroxyl groups is 1. The normalized spacial score (nSPS) is 12.4. The summed E-state index contributed by atoms with van der Waals surface area (Å²) >= 11 is 0.838. The lowest BCUT2D eigenvalue weighted by Gasteiger charge is -2.18. The first-order chi connectivity index (χ1) is 15.0. The SMILES string of the molecule is Cc1ccc(C(CCC(F)(F)F)Nc2nsnc2Nc2cccc(C(=O)N(C)C)c2O)o1. The molecule has 2 aromatic heterocycles. The van der Waals surface area contributed by atoms with Gasteiger partial charge in [-0.2, -0.15) is 21.9 Å². The van der Waals surface area contributed by atoms with E-state index in [1.165, 1.54) is 11.0 Å². The molecule has 3 aromatic rings. The van der Waals surface area contributed by atoms with Crippen LogP contribution in [0.4, 0.5) is 30.5 Å². The monoisotopic (exact) mass is 469 g/mol. The first-order valence-electron chi connectivity index (χ1n) is 9.58. The molecule has 32 heavy (non-hydrogen) atoms. The number of nitrogens with zero attached hydrogens (tertiary/aromatic N) is 3. The van der Waals surface area contributed by atoms with Crippen LogP contribution in [-0.2, 0) is 0 Å². The number of nitrogens with one attached hydrogen (secondary N) is 2. The second-order valence-corrected chi connectivity index (χ2v) is 7.82. The van der Waals surface area contributed by atoms with Crippen molar-refractivity contribution >= 4 is 35.0 Å². The van der Waals surface area contributed by atoms with Crippen molar-refractivity contribution in [1.82, 2.24) is 13.6 Å². The topological polar surface area (TPSA) is 104 Å². The molecule has 1 atom stereocenters. The third-order valence-corrected chi connectivity index (χ3v) is 5.07. The molecule has 12 heteroatoms. The molecule has 1 unspecified atom stereocenters. The zero-order valence-electron chi connectivity index (χ0n) is 17.5. The zero-order valence-corrected chi connectivity index (χ0v) is 18.3. The number of aryl methyl sites for hydroxylation is 1. The van der Waals surface area contributed by atoms with Gasteiger partial charge in [-0.1, -0.05) is 6.07 Å². The number of rotatable bonds is 8. The van der Waals surface area contributed by atoms with Crippen LogP contribution in [0.15, 0.2) is 34.7 Å². The number of halogens is 3. The molecule has 0 bridgehead atoms. The number of hydrogen-bond donors (Lipinski definition) is 3. The molecule has 0 radical (unpaired) electrons. The van der Waals surface area contributed by atoms with E-state index >= 15 is 0 Å². The highest BCUT2D eigenvalue weighted by Gasteiger charge is 2.30. The van der Waals surface area contributed by atoms with E-state index in [2.05, 4.69) is 19.4 Å². The predicted octanol–water partition coefficient (Wildman–Crippen LogP) is 5.09. The highest BCUT2D eigenvalue weighted by Crippen LogP contribution is 2.35. The van der Waals surface area contributed by atoms with Crippen LogP contribution < -0.4 is 10.6 Å². The molecule has 0 saturated carbocycles. The van der Waals surface area contributed by atoms with Crippen LogP contribution in [0.3, 0.4) is 0 Å². The van der Waals surface area contributed by atoms with E-state index in [1.54, 1.807) is 45.3 Å². The molecule has 0 saturated heterocycles. The van der Waals surface area contributed by atoms with Crippen LogP contribution in [0.25, 0.3) is 0 Å². The third-order valence-electron chi connectivity index (χ3n) is 4.55. The van der Waals surface area contributed by atoms with Crippen LogP contribution in [-0.4, -0.2) is 44.9 Å². The fraction of sp³-hybridized carbons (Fsp3) is 0.350. The number of carbonyl (C=O) groups is 1. The Morgan fingerprint density at radius 1 is 1.22 bits per heavy atom. The minimum absolute atomic E-state index is 0.0896. The van der Waals surface area contributed by atoms with Crippen LogP contribution in [0.5, 0.6) is 5.75 Å². The van der Waals surface area contributed by atoms with Gasteiger partial charge in [0.05, 0.1) is 29.0 Å². The second-order valence-electron chi connectivity index (χ2n) is 7.29. The summed E-state index contributed by atoms with van der Waals surface area (Å²) in [6.07, 6.45) is -5.61. The Morgan fingerprint density at radius 3 is 2.56 bits per heavy atom. The van der Waals surface area contributed by atoms with Crippen molar-refractivity contribution in [2.75, 3.05) is 24.7 Å². The Labute approximate surface area is 186 Å². The predicted molar refractivity (Wildman–Crippen MR) is 114 cm³/mol. The molecule has 3 rings (SSSR count). The third kappa shape index (κ3) is 5.69. The van der Waals surface area contributed by atoms with Gasteiger partial charge in [0.25, 0.3) is 5.91 Å². The van der Waals surface area contributed by atoms with Gasteiger partial charge in [-0.3, -0.25) is 4.79 Å². The lowest BCUT2D eigenvalue weighted by atomic mass is 10.1. The summed E-state index contributed by atoms with van der Waals surface area (Å²) in [7, 11) is 3.12. The molecule has 172 valence electrons. The average Bonchev–Trinajstić information content (AvgIpc) is 3.34. The summed E-state index contributed by atoms with van der Waals surface area (Å²) < 4.78 is 52.3.